The van der Waals surface area contributed by atoms with E-state index in [-0.39, 0.29) is 5.82 Å². The minimum absolute atomic E-state index is 0.260. The van der Waals surface area contributed by atoms with E-state index in [2.05, 4.69) is 24.1 Å². The molecule has 1 aromatic carbocycles. The summed E-state index contributed by atoms with van der Waals surface area (Å²) >= 11 is 0. The Morgan fingerprint density at radius 2 is 1.82 bits per heavy atom. The molecule has 1 fully saturated rings. The number of rotatable bonds is 7. The number of nitrogens with zero attached hydrogens (tertiary/aromatic N) is 1. The fourth-order valence-corrected chi connectivity index (χ4v) is 3.20. The summed E-state index contributed by atoms with van der Waals surface area (Å²) in [5.41, 5.74) is 0.792. The maximum absolute atomic E-state index is 13.0. The van der Waals surface area contributed by atoms with Gasteiger partial charge in [0.2, 0.25) is 0 Å². The highest BCUT2D eigenvalue weighted by Crippen LogP contribution is 2.19. The van der Waals surface area contributed by atoms with Crippen LogP contribution >= 0.6 is 0 Å². The van der Waals surface area contributed by atoms with Crippen molar-refractivity contribution in [2.75, 3.05) is 32.7 Å². The van der Waals surface area contributed by atoms with Gasteiger partial charge in [0.1, 0.15) is 5.82 Å². The highest BCUT2D eigenvalue weighted by Gasteiger charge is 2.20. The summed E-state index contributed by atoms with van der Waals surface area (Å²) in [6, 6.07) is 6.19. The Labute approximate surface area is 133 Å². The van der Waals surface area contributed by atoms with Crippen LogP contribution in [0.15, 0.2) is 24.3 Å². The SMILES string of the molecule is CC(C)CN(CC1CCNCC1)CC(O)c1ccc(F)cc1. The van der Waals surface area contributed by atoms with Crippen LogP contribution in [0.25, 0.3) is 0 Å². The van der Waals surface area contributed by atoms with Gasteiger partial charge in [-0.3, -0.25) is 4.90 Å². The monoisotopic (exact) mass is 308 g/mol. The zero-order valence-corrected chi connectivity index (χ0v) is 13.8. The number of hydrogen-bond acceptors (Lipinski definition) is 3. The Morgan fingerprint density at radius 3 is 2.41 bits per heavy atom. The molecule has 124 valence electrons. The highest BCUT2D eigenvalue weighted by atomic mass is 19.1. The molecule has 0 radical (unpaired) electrons. The van der Waals surface area contributed by atoms with Gasteiger partial charge in [0.25, 0.3) is 0 Å². The van der Waals surface area contributed by atoms with Crippen molar-refractivity contribution in [3.05, 3.63) is 35.6 Å². The Kier molecular flexibility index (Phi) is 6.80. The van der Waals surface area contributed by atoms with Crippen LogP contribution in [0.4, 0.5) is 4.39 Å². The van der Waals surface area contributed by atoms with Crippen LogP contribution < -0.4 is 5.32 Å². The van der Waals surface area contributed by atoms with E-state index >= 15 is 0 Å². The number of halogens is 1. The van der Waals surface area contributed by atoms with Crippen molar-refractivity contribution in [1.29, 1.82) is 0 Å². The quantitative estimate of drug-likeness (QED) is 0.813. The third-order valence-electron chi connectivity index (χ3n) is 4.28. The van der Waals surface area contributed by atoms with E-state index in [1.807, 2.05) is 0 Å². The van der Waals surface area contributed by atoms with Gasteiger partial charge in [-0.15, -0.1) is 0 Å². The molecule has 0 aromatic heterocycles. The van der Waals surface area contributed by atoms with Crippen molar-refractivity contribution >= 4 is 0 Å². The van der Waals surface area contributed by atoms with Gasteiger partial charge in [-0.25, -0.2) is 4.39 Å². The maximum Gasteiger partial charge on any atom is 0.123 e. The van der Waals surface area contributed by atoms with Crippen molar-refractivity contribution in [2.45, 2.75) is 32.8 Å². The predicted octanol–water partition coefficient (Wildman–Crippen LogP) is 2.82. The van der Waals surface area contributed by atoms with Gasteiger partial charge in [-0.1, -0.05) is 26.0 Å². The lowest BCUT2D eigenvalue weighted by molar-refractivity contribution is 0.0910. The summed E-state index contributed by atoms with van der Waals surface area (Å²) in [6.07, 6.45) is 1.86. The summed E-state index contributed by atoms with van der Waals surface area (Å²) in [4.78, 5) is 2.37. The number of aliphatic hydroxyl groups excluding tert-OH is 1. The van der Waals surface area contributed by atoms with E-state index in [9.17, 15) is 9.50 Å². The lowest BCUT2D eigenvalue weighted by Gasteiger charge is -2.32. The van der Waals surface area contributed by atoms with Crippen molar-refractivity contribution in [2.24, 2.45) is 11.8 Å². The van der Waals surface area contributed by atoms with Gasteiger partial charge in [-0.05, 0) is 55.5 Å². The molecule has 1 saturated heterocycles. The molecule has 1 heterocycles. The van der Waals surface area contributed by atoms with Crippen LogP contribution in [0, 0.1) is 17.7 Å². The Balaban J connectivity index is 1.93. The summed E-state index contributed by atoms with van der Waals surface area (Å²) in [6.45, 7) is 9.26. The third-order valence-corrected chi connectivity index (χ3v) is 4.28. The second-order valence-corrected chi connectivity index (χ2v) is 6.87. The van der Waals surface area contributed by atoms with Crippen molar-refractivity contribution < 1.29 is 9.50 Å². The fourth-order valence-electron chi connectivity index (χ4n) is 3.20. The first-order valence-corrected chi connectivity index (χ1v) is 8.41. The molecule has 0 aliphatic carbocycles. The number of aliphatic hydroxyl groups is 1. The smallest absolute Gasteiger partial charge is 0.123 e. The molecule has 1 aliphatic rings. The predicted molar refractivity (Wildman–Crippen MR) is 88.2 cm³/mol. The number of nitrogens with one attached hydrogen (secondary N) is 1. The van der Waals surface area contributed by atoms with Crippen LogP contribution in [0.1, 0.15) is 38.4 Å². The van der Waals surface area contributed by atoms with Crippen LogP contribution in [-0.4, -0.2) is 42.7 Å². The molecular weight excluding hydrogens is 279 g/mol. The maximum atomic E-state index is 13.0. The molecule has 0 saturated carbocycles. The number of benzene rings is 1. The molecular formula is C18H29FN2O. The van der Waals surface area contributed by atoms with Crippen molar-refractivity contribution in [3.8, 4) is 0 Å². The van der Waals surface area contributed by atoms with Gasteiger partial charge in [0, 0.05) is 19.6 Å². The van der Waals surface area contributed by atoms with E-state index in [4.69, 9.17) is 0 Å². The fraction of sp³-hybridized carbons (Fsp3) is 0.667. The van der Waals surface area contributed by atoms with Gasteiger partial charge in [0.05, 0.1) is 6.10 Å². The molecule has 1 atom stereocenters. The molecule has 0 spiro atoms. The van der Waals surface area contributed by atoms with E-state index in [1.165, 1.54) is 25.0 Å². The Morgan fingerprint density at radius 1 is 1.18 bits per heavy atom. The normalized spacial score (nSPS) is 18.1. The molecule has 3 nitrogen and oxygen atoms in total. The van der Waals surface area contributed by atoms with Crippen LogP contribution in [0.5, 0.6) is 0 Å². The second kappa shape index (κ2) is 8.61. The first-order valence-electron chi connectivity index (χ1n) is 8.41. The minimum atomic E-state index is -0.555. The van der Waals surface area contributed by atoms with Gasteiger partial charge in [-0.2, -0.15) is 0 Å². The van der Waals surface area contributed by atoms with Crippen LogP contribution in [0.2, 0.25) is 0 Å². The average molecular weight is 308 g/mol. The topological polar surface area (TPSA) is 35.5 Å². The van der Waals surface area contributed by atoms with E-state index in [0.29, 0.717) is 18.4 Å². The van der Waals surface area contributed by atoms with Crippen LogP contribution in [0.3, 0.4) is 0 Å². The first kappa shape index (κ1) is 17.4. The molecule has 0 bridgehead atoms. The standard InChI is InChI=1S/C18H29FN2O/c1-14(2)11-21(12-15-7-9-20-10-8-15)13-18(22)16-3-5-17(19)6-4-16/h3-6,14-15,18,20,22H,7-13H2,1-2H3. The molecule has 22 heavy (non-hydrogen) atoms. The van der Waals surface area contributed by atoms with Gasteiger partial charge in [0.15, 0.2) is 0 Å². The molecule has 1 aliphatic heterocycles. The molecule has 0 amide bonds. The zero-order valence-electron chi connectivity index (χ0n) is 13.8. The average Bonchev–Trinajstić information content (AvgIpc) is 2.48. The zero-order chi connectivity index (χ0) is 15.9. The van der Waals surface area contributed by atoms with Gasteiger partial charge >= 0.3 is 0 Å². The largest absolute Gasteiger partial charge is 0.387 e. The molecule has 1 aromatic rings. The molecule has 2 N–H and O–H groups in total. The van der Waals surface area contributed by atoms with Crippen molar-refractivity contribution in [1.82, 2.24) is 10.2 Å². The third kappa shape index (κ3) is 5.67. The lowest BCUT2D eigenvalue weighted by Crippen LogP contribution is -2.39. The molecule has 2 rings (SSSR count). The Hall–Kier alpha value is -0.970. The summed E-state index contributed by atoms with van der Waals surface area (Å²) in [5.74, 6) is 1.02. The Bertz CT molecular complexity index is 429. The second-order valence-electron chi connectivity index (χ2n) is 6.87. The summed E-state index contributed by atoms with van der Waals surface area (Å²) in [7, 11) is 0. The van der Waals surface area contributed by atoms with Crippen molar-refractivity contribution in [3.63, 3.8) is 0 Å². The van der Waals surface area contributed by atoms with E-state index < -0.39 is 6.10 Å². The lowest BCUT2D eigenvalue weighted by atomic mass is 9.96. The van der Waals surface area contributed by atoms with E-state index in [0.717, 1.165) is 31.7 Å². The highest BCUT2D eigenvalue weighted by molar-refractivity contribution is 5.18. The minimum Gasteiger partial charge on any atom is -0.387 e. The summed E-state index contributed by atoms with van der Waals surface area (Å²) < 4.78 is 13.0. The first-order chi connectivity index (χ1) is 10.5. The van der Waals surface area contributed by atoms with Gasteiger partial charge < -0.3 is 10.4 Å². The molecule has 1 unspecified atom stereocenters. The van der Waals surface area contributed by atoms with E-state index in [1.54, 1.807) is 12.1 Å². The summed E-state index contributed by atoms with van der Waals surface area (Å²) in [5, 5.41) is 13.8. The number of hydrogen-bond donors (Lipinski definition) is 2. The number of piperidine rings is 1. The molecule has 4 heteroatoms. The van der Waals surface area contributed by atoms with Crippen LogP contribution in [-0.2, 0) is 0 Å².